The zero-order valence-corrected chi connectivity index (χ0v) is 23.1. The molecule has 0 spiro atoms. The van der Waals surface area contributed by atoms with Gasteiger partial charge in [-0.15, -0.1) is 10.2 Å². The number of hydrogen-bond acceptors (Lipinski definition) is 5. The zero-order chi connectivity index (χ0) is 29.1. The Balaban J connectivity index is 1.47. The van der Waals surface area contributed by atoms with Crippen LogP contribution in [0.5, 0.6) is 0 Å². The molecule has 4 aromatic rings. The Kier molecular flexibility index (Phi) is 6.50. The quantitative estimate of drug-likeness (QED) is 0.345. The summed E-state index contributed by atoms with van der Waals surface area (Å²) in [4.78, 5) is 32.8. The number of fused-ring (bicyclic) bond motifs is 1. The van der Waals surface area contributed by atoms with Crippen LogP contribution >= 0.6 is 0 Å². The van der Waals surface area contributed by atoms with Gasteiger partial charge in [0, 0.05) is 32.5 Å². The fraction of sp³-hybridized carbons (Fsp3) is 0.433. The van der Waals surface area contributed by atoms with Crippen LogP contribution in [0.2, 0.25) is 0 Å². The number of pyridine rings is 1. The molecule has 214 valence electrons. The number of aryl methyl sites for hydroxylation is 1. The first-order valence-corrected chi connectivity index (χ1v) is 13.9. The Bertz CT molecular complexity index is 1700. The normalized spacial score (nSPS) is 23.0. The number of aromatic nitrogens is 5. The number of carbonyl (C=O) groups is 1. The summed E-state index contributed by atoms with van der Waals surface area (Å²) in [6.45, 7) is 5.10. The summed E-state index contributed by atoms with van der Waals surface area (Å²) in [5.74, 6) is 1.03. The number of rotatable bonds is 4. The highest BCUT2D eigenvalue weighted by atomic mass is 19.4. The molecular formula is C30H31F3N6O2. The summed E-state index contributed by atoms with van der Waals surface area (Å²) in [6, 6.07) is 8.26. The summed E-state index contributed by atoms with van der Waals surface area (Å²) in [6.07, 6.45) is 2.69. The van der Waals surface area contributed by atoms with Crippen molar-refractivity contribution >= 4 is 11.6 Å². The van der Waals surface area contributed by atoms with Crippen LogP contribution in [0.15, 0.2) is 53.8 Å². The number of piperidine rings is 1. The second kappa shape index (κ2) is 9.81. The predicted molar refractivity (Wildman–Crippen MR) is 146 cm³/mol. The van der Waals surface area contributed by atoms with Crippen molar-refractivity contribution in [2.45, 2.75) is 51.1 Å². The van der Waals surface area contributed by atoms with Crippen molar-refractivity contribution in [1.29, 1.82) is 0 Å². The maximum absolute atomic E-state index is 14.2. The number of carbonyl (C=O) groups excluding carboxylic acids is 1. The predicted octanol–water partition coefficient (Wildman–Crippen LogP) is 5.10. The van der Waals surface area contributed by atoms with Crippen molar-refractivity contribution in [3.63, 3.8) is 0 Å². The standard InChI is InChI=1S/C30H31F3N6O2/c1-18-6-5-9-38(15-18)26(40)21-11-24(30(31,32)33)25-34-14-23(27(41)39(25)16-21)20-7-4-8-22(10-20)29(12-19(2)13-29)28-36-35-17-37(28)3/h4,7-8,10-11,14,16-19H,5-6,9,12-13,15H2,1-3H3/t18-,19?,29?/m0/s1. The first kappa shape index (κ1) is 27.2. The molecule has 0 bridgehead atoms. The SMILES string of the molecule is CC1CC(c2cccc(-c3cnc4c(C(F)(F)F)cc(C(=O)N5CCC[C@H](C)C5)cn4c3=O)c2)(c2nncn2C)C1. The maximum atomic E-state index is 14.2. The Labute approximate surface area is 234 Å². The first-order chi connectivity index (χ1) is 19.5. The van der Waals surface area contributed by atoms with Gasteiger partial charge in [0.2, 0.25) is 0 Å². The van der Waals surface area contributed by atoms with E-state index in [1.165, 1.54) is 12.4 Å². The highest BCUT2D eigenvalue weighted by Crippen LogP contribution is 2.51. The van der Waals surface area contributed by atoms with E-state index in [0.29, 0.717) is 24.6 Å². The van der Waals surface area contributed by atoms with Gasteiger partial charge in [-0.2, -0.15) is 13.2 Å². The van der Waals surface area contributed by atoms with Gasteiger partial charge in [0.1, 0.15) is 12.2 Å². The summed E-state index contributed by atoms with van der Waals surface area (Å²) in [5.41, 5.74) is -1.25. The molecule has 3 aromatic heterocycles. The molecular weight excluding hydrogens is 533 g/mol. The topological polar surface area (TPSA) is 85.4 Å². The molecule has 0 N–H and O–H groups in total. The van der Waals surface area contributed by atoms with Crippen LogP contribution in [0.3, 0.4) is 0 Å². The minimum Gasteiger partial charge on any atom is -0.338 e. The van der Waals surface area contributed by atoms with Crippen LogP contribution in [0.4, 0.5) is 13.2 Å². The van der Waals surface area contributed by atoms with Crippen LogP contribution in [0, 0.1) is 11.8 Å². The molecule has 1 saturated carbocycles. The largest absolute Gasteiger partial charge is 0.420 e. The second-order valence-electron chi connectivity index (χ2n) is 11.8. The van der Waals surface area contributed by atoms with E-state index in [2.05, 4.69) is 22.1 Å². The Morgan fingerprint density at radius 1 is 1.12 bits per heavy atom. The lowest BCUT2D eigenvalue weighted by molar-refractivity contribution is -0.136. The van der Waals surface area contributed by atoms with Crippen LogP contribution < -0.4 is 5.56 Å². The van der Waals surface area contributed by atoms with Gasteiger partial charge in [-0.25, -0.2) is 4.98 Å². The molecule has 0 radical (unpaired) electrons. The Morgan fingerprint density at radius 2 is 1.90 bits per heavy atom. The molecule has 8 nitrogen and oxygen atoms in total. The van der Waals surface area contributed by atoms with Crippen molar-refractivity contribution < 1.29 is 18.0 Å². The fourth-order valence-electron chi connectivity index (χ4n) is 6.64. The molecule has 2 aliphatic rings. The molecule has 1 atom stereocenters. The van der Waals surface area contributed by atoms with E-state index < -0.39 is 28.9 Å². The number of benzene rings is 1. The molecule has 6 rings (SSSR count). The molecule has 41 heavy (non-hydrogen) atoms. The van der Waals surface area contributed by atoms with Crippen molar-refractivity contribution in [2.24, 2.45) is 18.9 Å². The number of likely N-dealkylation sites (tertiary alicyclic amines) is 1. The van der Waals surface area contributed by atoms with Gasteiger partial charge in [0.15, 0.2) is 5.65 Å². The first-order valence-electron chi connectivity index (χ1n) is 13.9. The average Bonchev–Trinajstić information content (AvgIpc) is 3.36. The zero-order valence-electron chi connectivity index (χ0n) is 23.1. The lowest BCUT2D eigenvalue weighted by Gasteiger charge is -2.46. The monoisotopic (exact) mass is 564 g/mol. The average molecular weight is 565 g/mol. The van der Waals surface area contributed by atoms with Gasteiger partial charge in [-0.1, -0.05) is 32.0 Å². The fourth-order valence-corrected chi connectivity index (χ4v) is 6.64. The van der Waals surface area contributed by atoms with Crippen LogP contribution in [0.25, 0.3) is 16.8 Å². The summed E-state index contributed by atoms with van der Waals surface area (Å²) < 4.78 is 45.2. The highest BCUT2D eigenvalue weighted by Gasteiger charge is 2.48. The molecule has 1 aliphatic heterocycles. The second-order valence-corrected chi connectivity index (χ2v) is 11.8. The van der Waals surface area contributed by atoms with E-state index >= 15 is 0 Å². The number of halogens is 3. The third kappa shape index (κ3) is 4.61. The molecule has 1 aliphatic carbocycles. The molecule has 1 amide bonds. The van der Waals surface area contributed by atoms with Gasteiger partial charge in [0.05, 0.1) is 22.1 Å². The van der Waals surface area contributed by atoms with Gasteiger partial charge in [-0.05, 0) is 60.8 Å². The Morgan fingerprint density at radius 3 is 2.56 bits per heavy atom. The van der Waals surface area contributed by atoms with E-state index in [1.807, 2.05) is 36.7 Å². The van der Waals surface area contributed by atoms with E-state index in [1.54, 1.807) is 17.3 Å². The van der Waals surface area contributed by atoms with Crippen LogP contribution in [-0.4, -0.2) is 48.0 Å². The summed E-state index contributed by atoms with van der Waals surface area (Å²) in [7, 11) is 1.89. The van der Waals surface area contributed by atoms with Gasteiger partial charge in [0.25, 0.3) is 11.5 Å². The lowest BCUT2D eigenvalue weighted by Crippen LogP contribution is -2.43. The van der Waals surface area contributed by atoms with E-state index in [9.17, 15) is 22.8 Å². The van der Waals surface area contributed by atoms with Crippen LogP contribution in [-0.2, 0) is 18.6 Å². The van der Waals surface area contributed by atoms with Gasteiger partial charge >= 0.3 is 6.18 Å². The van der Waals surface area contributed by atoms with E-state index in [-0.39, 0.29) is 22.5 Å². The number of nitrogens with zero attached hydrogens (tertiary/aromatic N) is 6. The highest BCUT2D eigenvalue weighted by molar-refractivity contribution is 5.94. The maximum Gasteiger partial charge on any atom is 0.420 e. The third-order valence-corrected chi connectivity index (χ3v) is 8.56. The molecule has 1 saturated heterocycles. The minimum atomic E-state index is -4.80. The van der Waals surface area contributed by atoms with E-state index in [0.717, 1.165) is 47.5 Å². The minimum absolute atomic E-state index is 0.147. The third-order valence-electron chi connectivity index (χ3n) is 8.56. The van der Waals surface area contributed by atoms with Gasteiger partial charge < -0.3 is 9.47 Å². The molecule has 0 unspecified atom stereocenters. The van der Waals surface area contributed by atoms with E-state index in [4.69, 9.17) is 0 Å². The number of hydrogen-bond donors (Lipinski definition) is 0. The van der Waals surface area contributed by atoms with Crippen LogP contribution in [0.1, 0.15) is 66.8 Å². The molecule has 4 heterocycles. The molecule has 2 fully saturated rings. The number of alkyl halides is 3. The van der Waals surface area contributed by atoms with Crippen molar-refractivity contribution in [3.8, 4) is 11.1 Å². The smallest absolute Gasteiger partial charge is 0.338 e. The van der Waals surface area contributed by atoms with Crippen molar-refractivity contribution in [3.05, 3.63) is 81.9 Å². The lowest BCUT2D eigenvalue weighted by atomic mass is 9.58. The Hall–Kier alpha value is -4.02. The summed E-state index contributed by atoms with van der Waals surface area (Å²) >= 11 is 0. The van der Waals surface area contributed by atoms with Crippen molar-refractivity contribution in [1.82, 2.24) is 29.0 Å². The molecule has 11 heteroatoms. The van der Waals surface area contributed by atoms with Crippen molar-refractivity contribution in [2.75, 3.05) is 13.1 Å². The summed E-state index contributed by atoms with van der Waals surface area (Å²) in [5, 5.41) is 8.44. The number of amides is 1. The van der Waals surface area contributed by atoms with Gasteiger partial charge in [-0.3, -0.25) is 14.0 Å². The molecule has 1 aromatic carbocycles.